The Morgan fingerprint density at radius 3 is 2.70 bits per heavy atom. The smallest absolute Gasteiger partial charge is 0.230 e. The number of hydrogen-bond acceptors (Lipinski definition) is 3. The Bertz CT molecular complexity index is 629. The van der Waals surface area contributed by atoms with Crippen LogP contribution in [0.2, 0.25) is 0 Å². The van der Waals surface area contributed by atoms with Crippen molar-refractivity contribution in [2.24, 2.45) is 0 Å². The second kappa shape index (κ2) is 9.26. The highest BCUT2D eigenvalue weighted by Crippen LogP contribution is 2.24. The van der Waals surface area contributed by atoms with Gasteiger partial charge in [-0.25, -0.2) is 0 Å². The van der Waals surface area contributed by atoms with E-state index >= 15 is 0 Å². The minimum Gasteiger partial charge on any atom is -0.496 e. The molecule has 0 fully saturated rings. The van der Waals surface area contributed by atoms with Crippen LogP contribution >= 0.6 is 11.8 Å². The lowest BCUT2D eigenvalue weighted by atomic mass is 10.1. The zero-order valence-corrected chi connectivity index (χ0v) is 14.5. The zero-order chi connectivity index (χ0) is 16.5. The number of thioether (sulfide) groups is 1. The lowest BCUT2D eigenvalue weighted by molar-refractivity contribution is -0.118. The molecule has 0 aliphatic heterocycles. The van der Waals surface area contributed by atoms with Crippen LogP contribution in [0.4, 0.5) is 0 Å². The molecule has 0 aromatic heterocycles. The summed E-state index contributed by atoms with van der Waals surface area (Å²) in [5.74, 6) is 2.20. The molecule has 4 heteroatoms. The van der Waals surface area contributed by atoms with Crippen LogP contribution in [0, 0.1) is 6.92 Å². The second-order valence-corrected chi connectivity index (χ2v) is 6.38. The number of carbonyl (C=O) groups excluding carboxylic acids is 1. The molecule has 0 saturated carbocycles. The van der Waals surface area contributed by atoms with Crippen molar-refractivity contribution < 1.29 is 9.53 Å². The van der Waals surface area contributed by atoms with Crippen molar-refractivity contribution in [2.75, 3.05) is 19.4 Å². The first-order valence-electron chi connectivity index (χ1n) is 7.71. The van der Waals surface area contributed by atoms with Crippen LogP contribution in [-0.4, -0.2) is 25.3 Å². The molecule has 0 aliphatic carbocycles. The van der Waals surface area contributed by atoms with Crippen molar-refractivity contribution >= 4 is 17.7 Å². The number of nitrogens with one attached hydrogen (secondary N) is 1. The van der Waals surface area contributed by atoms with E-state index in [0.29, 0.717) is 12.3 Å². The highest BCUT2D eigenvalue weighted by molar-refractivity contribution is 7.99. The minimum atomic E-state index is 0.0811. The van der Waals surface area contributed by atoms with Crippen LogP contribution < -0.4 is 10.1 Å². The highest BCUT2D eigenvalue weighted by Gasteiger charge is 2.06. The maximum Gasteiger partial charge on any atom is 0.230 e. The van der Waals surface area contributed by atoms with E-state index in [4.69, 9.17) is 4.74 Å². The molecule has 2 aromatic rings. The van der Waals surface area contributed by atoms with E-state index < -0.39 is 0 Å². The van der Waals surface area contributed by atoms with Gasteiger partial charge in [-0.2, -0.15) is 0 Å². The van der Waals surface area contributed by atoms with Crippen molar-refractivity contribution in [3.8, 4) is 5.75 Å². The summed E-state index contributed by atoms with van der Waals surface area (Å²) in [6.45, 7) is 2.74. The van der Waals surface area contributed by atoms with Gasteiger partial charge in [-0.15, -0.1) is 11.8 Å². The number of aryl methyl sites for hydroxylation is 1. The van der Waals surface area contributed by atoms with Gasteiger partial charge in [0.05, 0.1) is 12.9 Å². The van der Waals surface area contributed by atoms with Crippen molar-refractivity contribution in [1.82, 2.24) is 5.32 Å². The minimum absolute atomic E-state index is 0.0811. The number of carbonyl (C=O) groups is 1. The molecule has 0 saturated heterocycles. The zero-order valence-electron chi connectivity index (χ0n) is 13.7. The van der Waals surface area contributed by atoms with Gasteiger partial charge in [0.15, 0.2) is 0 Å². The molecule has 1 N–H and O–H groups in total. The average Bonchev–Trinajstić information content (AvgIpc) is 2.56. The van der Waals surface area contributed by atoms with Crippen LogP contribution in [0.5, 0.6) is 5.75 Å². The normalized spacial score (nSPS) is 10.3. The number of benzene rings is 2. The summed E-state index contributed by atoms with van der Waals surface area (Å²) >= 11 is 1.61. The fraction of sp³-hybridized carbons (Fsp3) is 0.316. The number of ether oxygens (including phenoxy) is 1. The molecule has 23 heavy (non-hydrogen) atoms. The summed E-state index contributed by atoms with van der Waals surface area (Å²) in [4.78, 5) is 11.9. The first-order valence-corrected chi connectivity index (χ1v) is 8.86. The molecule has 1 amide bonds. The molecule has 0 radical (unpaired) electrons. The SMILES string of the molecule is COc1ccc(C)cc1CSCC(=O)NCCc1ccccc1. The Morgan fingerprint density at radius 1 is 1.17 bits per heavy atom. The third kappa shape index (κ3) is 5.99. The average molecular weight is 329 g/mol. The summed E-state index contributed by atoms with van der Waals surface area (Å²) in [5.41, 5.74) is 3.58. The van der Waals surface area contributed by atoms with Crippen molar-refractivity contribution in [3.05, 3.63) is 65.2 Å². The van der Waals surface area contributed by atoms with E-state index in [2.05, 4.69) is 30.4 Å². The molecule has 0 aliphatic rings. The fourth-order valence-corrected chi connectivity index (χ4v) is 3.15. The topological polar surface area (TPSA) is 38.3 Å². The van der Waals surface area contributed by atoms with E-state index in [1.54, 1.807) is 18.9 Å². The molecule has 2 rings (SSSR count). The summed E-state index contributed by atoms with van der Waals surface area (Å²) in [5, 5.41) is 2.97. The van der Waals surface area contributed by atoms with E-state index in [9.17, 15) is 4.79 Å². The van der Waals surface area contributed by atoms with Crippen LogP contribution in [0.15, 0.2) is 48.5 Å². The highest BCUT2D eigenvalue weighted by atomic mass is 32.2. The van der Waals surface area contributed by atoms with Gasteiger partial charge in [0.2, 0.25) is 5.91 Å². The Morgan fingerprint density at radius 2 is 1.96 bits per heavy atom. The molecule has 122 valence electrons. The first-order chi connectivity index (χ1) is 11.2. The van der Waals surface area contributed by atoms with Gasteiger partial charge < -0.3 is 10.1 Å². The maximum atomic E-state index is 11.9. The maximum absolute atomic E-state index is 11.9. The van der Waals surface area contributed by atoms with Crippen LogP contribution in [-0.2, 0) is 17.0 Å². The van der Waals surface area contributed by atoms with Crippen molar-refractivity contribution in [3.63, 3.8) is 0 Å². The first kappa shape index (κ1) is 17.4. The molecule has 2 aromatic carbocycles. The molecule has 3 nitrogen and oxygen atoms in total. The van der Waals surface area contributed by atoms with Gasteiger partial charge in [0.1, 0.15) is 5.75 Å². The van der Waals surface area contributed by atoms with Crippen LogP contribution in [0.3, 0.4) is 0 Å². The van der Waals surface area contributed by atoms with Crippen LogP contribution in [0.1, 0.15) is 16.7 Å². The Labute approximate surface area is 142 Å². The molecule has 0 atom stereocenters. The van der Waals surface area contributed by atoms with Gasteiger partial charge in [-0.3, -0.25) is 4.79 Å². The van der Waals surface area contributed by atoms with Crippen molar-refractivity contribution in [2.45, 2.75) is 19.1 Å². The number of rotatable bonds is 8. The van der Waals surface area contributed by atoms with Crippen molar-refractivity contribution in [1.29, 1.82) is 0 Å². The second-order valence-electron chi connectivity index (χ2n) is 5.39. The predicted octanol–water partition coefficient (Wildman–Crippen LogP) is 3.60. The van der Waals surface area contributed by atoms with E-state index in [0.717, 1.165) is 23.5 Å². The number of methoxy groups -OCH3 is 1. The van der Waals surface area contributed by atoms with Gasteiger partial charge in [0, 0.05) is 17.9 Å². The monoisotopic (exact) mass is 329 g/mol. The van der Waals surface area contributed by atoms with Gasteiger partial charge in [-0.05, 0) is 25.0 Å². The van der Waals surface area contributed by atoms with Crippen LogP contribution in [0.25, 0.3) is 0 Å². The molecule has 0 unspecified atom stereocenters. The molecule has 0 spiro atoms. The fourth-order valence-electron chi connectivity index (χ4n) is 2.32. The van der Waals surface area contributed by atoms with E-state index in [-0.39, 0.29) is 5.91 Å². The Balaban J connectivity index is 1.70. The third-order valence-corrected chi connectivity index (χ3v) is 4.49. The summed E-state index contributed by atoms with van der Waals surface area (Å²) in [7, 11) is 1.68. The number of amides is 1. The standard InChI is InChI=1S/C19H23NO2S/c1-15-8-9-18(22-2)17(12-15)13-23-14-19(21)20-11-10-16-6-4-3-5-7-16/h3-9,12H,10-11,13-14H2,1-2H3,(H,20,21). The molecular formula is C19H23NO2S. The molecular weight excluding hydrogens is 306 g/mol. The van der Waals surface area contributed by atoms with Gasteiger partial charge in [0.25, 0.3) is 0 Å². The van der Waals surface area contributed by atoms with E-state index in [1.165, 1.54) is 11.1 Å². The third-order valence-electron chi connectivity index (χ3n) is 3.51. The quantitative estimate of drug-likeness (QED) is 0.804. The predicted molar refractivity (Wildman–Crippen MR) is 97.0 cm³/mol. The Hall–Kier alpha value is -1.94. The van der Waals surface area contributed by atoms with E-state index in [1.807, 2.05) is 30.3 Å². The largest absolute Gasteiger partial charge is 0.496 e. The molecule has 0 heterocycles. The summed E-state index contributed by atoms with van der Waals surface area (Å²) in [6.07, 6.45) is 0.864. The lowest BCUT2D eigenvalue weighted by Crippen LogP contribution is -2.27. The van der Waals surface area contributed by atoms with Gasteiger partial charge >= 0.3 is 0 Å². The number of hydrogen-bond donors (Lipinski definition) is 1. The Kier molecular flexibility index (Phi) is 7.01. The van der Waals surface area contributed by atoms with Gasteiger partial charge in [-0.1, -0.05) is 48.0 Å². The summed E-state index contributed by atoms with van der Waals surface area (Å²) in [6, 6.07) is 16.3. The lowest BCUT2D eigenvalue weighted by Gasteiger charge is -2.09. The summed E-state index contributed by atoms with van der Waals surface area (Å²) < 4.78 is 5.36. The molecule has 0 bridgehead atoms.